The lowest BCUT2D eigenvalue weighted by Crippen LogP contribution is -2.37. The van der Waals surface area contributed by atoms with E-state index in [4.69, 9.17) is 25.8 Å². The van der Waals surface area contributed by atoms with Crippen LogP contribution in [0.25, 0.3) is 0 Å². The van der Waals surface area contributed by atoms with E-state index in [2.05, 4.69) is 15.6 Å². The maximum atomic E-state index is 6.04. The van der Waals surface area contributed by atoms with E-state index in [1.54, 1.807) is 7.05 Å². The van der Waals surface area contributed by atoms with Crippen molar-refractivity contribution in [2.45, 2.75) is 38.8 Å². The lowest BCUT2D eigenvalue weighted by molar-refractivity contribution is 0.0168. The van der Waals surface area contributed by atoms with Crippen LogP contribution >= 0.6 is 11.6 Å². The third-order valence-electron chi connectivity index (χ3n) is 4.08. The maximum Gasteiger partial charge on any atom is 0.191 e. The number of ether oxygens (including phenoxy) is 3. The monoisotopic (exact) mass is 383 g/mol. The van der Waals surface area contributed by atoms with Gasteiger partial charge in [-0.15, -0.1) is 0 Å². The molecule has 0 aliphatic carbocycles. The average molecular weight is 384 g/mol. The fourth-order valence-corrected chi connectivity index (χ4v) is 2.90. The average Bonchev–Trinajstić information content (AvgIpc) is 3.15. The zero-order valence-corrected chi connectivity index (χ0v) is 16.5. The Morgan fingerprint density at radius 3 is 3.00 bits per heavy atom. The summed E-state index contributed by atoms with van der Waals surface area (Å²) in [4.78, 5) is 4.24. The highest BCUT2D eigenvalue weighted by Gasteiger charge is 2.14. The molecule has 2 N–H and O–H groups in total. The lowest BCUT2D eigenvalue weighted by Gasteiger charge is -2.15. The molecule has 1 aromatic carbocycles. The first kappa shape index (κ1) is 20.8. The van der Waals surface area contributed by atoms with E-state index in [0.717, 1.165) is 56.3 Å². The first-order valence-corrected chi connectivity index (χ1v) is 9.65. The third-order valence-corrected chi connectivity index (χ3v) is 4.32. The first-order valence-electron chi connectivity index (χ1n) is 9.28. The second-order valence-electron chi connectivity index (χ2n) is 6.10. The molecule has 0 saturated carbocycles. The molecule has 0 bridgehead atoms. The second kappa shape index (κ2) is 12.0. The van der Waals surface area contributed by atoms with Crippen molar-refractivity contribution < 1.29 is 14.2 Å². The lowest BCUT2D eigenvalue weighted by atomic mass is 10.2. The van der Waals surface area contributed by atoms with Crippen molar-refractivity contribution in [1.29, 1.82) is 0 Å². The maximum absolute atomic E-state index is 6.04. The largest absolute Gasteiger partial charge is 0.493 e. The van der Waals surface area contributed by atoms with Crippen molar-refractivity contribution in [2.24, 2.45) is 4.99 Å². The van der Waals surface area contributed by atoms with Crippen LogP contribution in [-0.4, -0.2) is 52.1 Å². The van der Waals surface area contributed by atoms with Gasteiger partial charge in [0.15, 0.2) is 5.96 Å². The minimum Gasteiger partial charge on any atom is -0.493 e. The van der Waals surface area contributed by atoms with Crippen LogP contribution in [0, 0.1) is 0 Å². The van der Waals surface area contributed by atoms with Crippen LogP contribution in [0.15, 0.2) is 23.2 Å². The fraction of sp³-hybridized carbons (Fsp3) is 0.632. The molecular formula is C19H30ClN3O3. The molecule has 7 heteroatoms. The SMILES string of the molecule is CCOc1cc(Cl)ccc1CNC(=NC)NCCCOCC1CCCO1. The molecular weight excluding hydrogens is 354 g/mol. The molecule has 1 unspecified atom stereocenters. The molecule has 0 amide bonds. The van der Waals surface area contributed by atoms with Gasteiger partial charge in [0.05, 0.1) is 19.3 Å². The standard InChI is InChI=1S/C19H30ClN3O3/c1-3-25-18-12-16(20)8-7-15(18)13-23-19(21-2)22-9-5-10-24-14-17-6-4-11-26-17/h7-8,12,17H,3-6,9-11,13-14H2,1-2H3,(H2,21,22,23). The molecule has 1 aromatic rings. The molecule has 2 rings (SSSR count). The number of aliphatic imine (C=N–C) groups is 1. The Morgan fingerprint density at radius 1 is 1.38 bits per heavy atom. The Labute approximate surface area is 161 Å². The van der Waals surface area contributed by atoms with Gasteiger partial charge >= 0.3 is 0 Å². The van der Waals surface area contributed by atoms with Crippen molar-refractivity contribution >= 4 is 17.6 Å². The van der Waals surface area contributed by atoms with Gasteiger partial charge in [0, 0.05) is 43.9 Å². The predicted molar refractivity (Wildman–Crippen MR) is 105 cm³/mol. The molecule has 0 aromatic heterocycles. The van der Waals surface area contributed by atoms with E-state index in [1.807, 2.05) is 25.1 Å². The predicted octanol–water partition coefficient (Wildman–Crippen LogP) is 2.99. The molecule has 1 heterocycles. The van der Waals surface area contributed by atoms with Crippen molar-refractivity contribution in [3.8, 4) is 5.75 Å². The fourth-order valence-electron chi connectivity index (χ4n) is 2.74. The van der Waals surface area contributed by atoms with Gasteiger partial charge < -0.3 is 24.8 Å². The number of nitrogens with zero attached hydrogens (tertiary/aromatic N) is 1. The number of rotatable bonds is 10. The Bertz CT molecular complexity index is 563. The van der Waals surface area contributed by atoms with Gasteiger partial charge in [0.2, 0.25) is 0 Å². The van der Waals surface area contributed by atoms with Gasteiger partial charge in [0.1, 0.15) is 5.75 Å². The highest BCUT2D eigenvalue weighted by molar-refractivity contribution is 6.30. The summed E-state index contributed by atoms with van der Waals surface area (Å²) in [6.45, 7) is 6.26. The van der Waals surface area contributed by atoms with E-state index in [9.17, 15) is 0 Å². The van der Waals surface area contributed by atoms with Crippen LogP contribution < -0.4 is 15.4 Å². The van der Waals surface area contributed by atoms with Crippen LogP contribution in [-0.2, 0) is 16.0 Å². The van der Waals surface area contributed by atoms with Gasteiger partial charge in [-0.05, 0) is 38.3 Å². The van der Waals surface area contributed by atoms with E-state index in [1.165, 1.54) is 0 Å². The van der Waals surface area contributed by atoms with Crippen LogP contribution in [0.3, 0.4) is 0 Å². The van der Waals surface area contributed by atoms with Crippen molar-refractivity contribution in [1.82, 2.24) is 10.6 Å². The zero-order chi connectivity index (χ0) is 18.6. The van der Waals surface area contributed by atoms with Crippen LogP contribution in [0.1, 0.15) is 31.7 Å². The van der Waals surface area contributed by atoms with E-state index in [-0.39, 0.29) is 6.10 Å². The summed E-state index contributed by atoms with van der Waals surface area (Å²) in [6.07, 6.45) is 3.47. The summed E-state index contributed by atoms with van der Waals surface area (Å²) in [6, 6.07) is 5.67. The van der Waals surface area contributed by atoms with Crippen molar-refractivity contribution in [3.63, 3.8) is 0 Å². The molecule has 1 aliphatic rings. The molecule has 1 saturated heterocycles. The number of halogens is 1. The minimum absolute atomic E-state index is 0.288. The number of benzene rings is 1. The van der Waals surface area contributed by atoms with Gasteiger partial charge in [0.25, 0.3) is 0 Å². The normalized spacial score (nSPS) is 17.3. The van der Waals surface area contributed by atoms with Crippen LogP contribution in [0.2, 0.25) is 5.02 Å². The number of guanidine groups is 1. The smallest absolute Gasteiger partial charge is 0.191 e. The molecule has 6 nitrogen and oxygen atoms in total. The molecule has 1 fully saturated rings. The quantitative estimate of drug-likeness (QED) is 0.369. The summed E-state index contributed by atoms with van der Waals surface area (Å²) in [5.41, 5.74) is 1.04. The third kappa shape index (κ3) is 7.40. The van der Waals surface area contributed by atoms with Crippen molar-refractivity contribution in [2.75, 3.05) is 40.0 Å². The van der Waals surface area contributed by atoms with Gasteiger partial charge in [-0.1, -0.05) is 17.7 Å². The molecule has 1 atom stereocenters. The topological polar surface area (TPSA) is 64.1 Å². The Balaban J connectivity index is 1.64. The second-order valence-corrected chi connectivity index (χ2v) is 6.54. The van der Waals surface area contributed by atoms with E-state index >= 15 is 0 Å². The van der Waals surface area contributed by atoms with Crippen LogP contribution in [0.4, 0.5) is 0 Å². The van der Waals surface area contributed by atoms with Gasteiger partial charge in [-0.2, -0.15) is 0 Å². The van der Waals surface area contributed by atoms with Crippen LogP contribution in [0.5, 0.6) is 5.75 Å². The van der Waals surface area contributed by atoms with Crippen molar-refractivity contribution in [3.05, 3.63) is 28.8 Å². The Kier molecular flexibility index (Phi) is 9.60. The molecule has 0 radical (unpaired) electrons. The summed E-state index contributed by atoms with van der Waals surface area (Å²) < 4.78 is 16.8. The molecule has 1 aliphatic heterocycles. The molecule has 0 spiro atoms. The molecule has 26 heavy (non-hydrogen) atoms. The Morgan fingerprint density at radius 2 is 2.27 bits per heavy atom. The number of hydrogen-bond donors (Lipinski definition) is 2. The summed E-state index contributed by atoms with van der Waals surface area (Å²) in [5.74, 6) is 1.55. The minimum atomic E-state index is 0.288. The molecule has 146 valence electrons. The highest BCUT2D eigenvalue weighted by atomic mass is 35.5. The summed E-state index contributed by atoms with van der Waals surface area (Å²) in [5, 5.41) is 7.26. The number of hydrogen-bond acceptors (Lipinski definition) is 4. The number of nitrogens with one attached hydrogen (secondary N) is 2. The van der Waals surface area contributed by atoms with E-state index < -0.39 is 0 Å². The van der Waals surface area contributed by atoms with Gasteiger partial charge in [-0.25, -0.2) is 0 Å². The summed E-state index contributed by atoms with van der Waals surface area (Å²) >= 11 is 6.04. The first-order chi connectivity index (χ1) is 12.7. The highest BCUT2D eigenvalue weighted by Crippen LogP contribution is 2.23. The summed E-state index contributed by atoms with van der Waals surface area (Å²) in [7, 11) is 1.76. The van der Waals surface area contributed by atoms with Gasteiger partial charge in [-0.3, -0.25) is 4.99 Å². The van der Waals surface area contributed by atoms with E-state index in [0.29, 0.717) is 24.8 Å². The zero-order valence-electron chi connectivity index (χ0n) is 15.7. The Hall–Kier alpha value is -1.50.